The molecule has 0 bridgehead atoms. The molecule has 12 heteroatoms. The van der Waals surface area contributed by atoms with Crippen LogP contribution >= 0.6 is 7.82 Å². The summed E-state index contributed by atoms with van der Waals surface area (Å²) in [6, 6.07) is -1.55. The molecule has 4 N–H and O–H groups in total. The summed E-state index contributed by atoms with van der Waals surface area (Å²) < 4.78 is 27.0. The highest BCUT2D eigenvalue weighted by molar-refractivity contribution is 7.47. The van der Waals surface area contributed by atoms with E-state index in [1.54, 1.807) is 0 Å². The fraction of sp³-hybridized carbons (Fsp3) is 0.759. The first-order valence-electron chi connectivity index (χ1n) is 26.3. The molecular weight excluding hydrogens is 854 g/mol. The third-order valence-corrected chi connectivity index (χ3v) is 12.2. The molecule has 0 fully saturated rings. The van der Waals surface area contributed by atoms with Gasteiger partial charge in [0, 0.05) is 12.8 Å². The van der Waals surface area contributed by atoms with Gasteiger partial charge in [-0.25, -0.2) is 9.36 Å². The Hall–Kier alpha value is -2.82. The van der Waals surface area contributed by atoms with Gasteiger partial charge < -0.3 is 25.2 Å². The van der Waals surface area contributed by atoms with Crippen molar-refractivity contribution < 1.29 is 47.8 Å². The molecule has 0 spiro atoms. The normalized spacial score (nSPS) is 14.0. The molecule has 0 saturated heterocycles. The summed E-state index contributed by atoms with van der Waals surface area (Å²) >= 11 is 0. The predicted molar refractivity (Wildman–Crippen MR) is 272 cm³/mol. The second kappa shape index (κ2) is 48.6. The van der Waals surface area contributed by atoms with Crippen molar-refractivity contribution in [3.05, 3.63) is 60.8 Å². The summed E-state index contributed by atoms with van der Waals surface area (Å²) in [6.07, 6.45) is 58.0. The molecule has 3 atom stereocenters. The number of hydrogen-bond acceptors (Lipinski definition) is 8. The number of unbranched alkanes of at least 4 members (excludes halogenated alkanes) is 25. The van der Waals surface area contributed by atoms with Gasteiger partial charge in [-0.15, -0.1) is 0 Å². The van der Waals surface area contributed by atoms with Crippen molar-refractivity contribution in [2.45, 2.75) is 244 Å². The first-order valence-corrected chi connectivity index (χ1v) is 27.8. The van der Waals surface area contributed by atoms with Crippen LogP contribution in [0.2, 0.25) is 0 Å². The maximum atomic E-state index is 12.4. The lowest BCUT2D eigenvalue weighted by molar-refractivity contribution is -0.147. The van der Waals surface area contributed by atoms with Crippen LogP contribution < -0.4 is 5.32 Å². The number of hydrogen-bond donors (Lipinski definition) is 4. The van der Waals surface area contributed by atoms with Crippen molar-refractivity contribution in [3.63, 3.8) is 0 Å². The standard InChI is InChI=1S/C54H96NO10P/c1-3-5-7-9-11-13-15-17-19-21-23-25-27-29-31-33-35-37-39-41-43-45-52(57)55-51(54(59)60)49-65-66(61,62)64-48-50(56)47-63-53(58)46-44-42-40-38-36-34-32-30-28-26-24-22-20-18-16-14-12-10-8-6-4-2/h11-14,17-20,24,26,50-51,56H,3-10,15-16,21-23,25,27-49H2,1-2H3,(H,55,57)(H,59,60)(H,61,62)/b13-11-,14-12-,19-17-,20-18-,26-24-. The number of phosphoric ester groups is 1. The number of amides is 1. The molecule has 0 aliphatic heterocycles. The Bertz CT molecular complexity index is 1350. The van der Waals surface area contributed by atoms with Crippen LogP contribution in [-0.4, -0.2) is 64.9 Å². The Labute approximate surface area is 402 Å². The van der Waals surface area contributed by atoms with E-state index in [9.17, 15) is 34.1 Å². The number of carbonyl (C=O) groups excluding carboxylic acids is 2. The summed E-state index contributed by atoms with van der Waals surface area (Å²) in [6.45, 7) is 2.56. The Balaban J connectivity index is 3.83. The molecule has 382 valence electrons. The van der Waals surface area contributed by atoms with Crippen LogP contribution in [0.25, 0.3) is 0 Å². The number of phosphoric acid groups is 1. The van der Waals surface area contributed by atoms with Crippen LogP contribution in [0.3, 0.4) is 0 Å². The molecule has 3 unspecified atom stereocenters. The van der Waals surface area contributed by atoms with Gasteiger partial charge >= 0.3 is 19.8 Å². The van der Waals surface area contributed by atoms with Crippen molar-refractivity contribution in [2.75, 3.05) is 19.8 Å². The van der Waals surface area contributed by atoms with Crippen LogP contribution in [0.1, 0.15) is 232 Å². The molecule has 0 aliphatic carbocycles. The van der Waals surface area contributed by atoms with Gasteiger partial charge in [0.05, 0.1) is 13.2 Å². The lowest BCUT2D eigenvalue weighted by atomic mass is 10.0. The summed E-state index contributed by atoms with van der Waals surface area (Å²) in [7, 11) is -4.77. The van der Waals surface area contributed by atoms with Crippen LogP contribution in [-0.2, 0) is 32.7 Å². The number of aliphatic hydroxyl groups excluding tert-OH is 1. The Kier molecular flexibility index (Phi) is 46.6. The zero-order chi connectivity index (χ0) is 48.4. The lowest BCUT2D eigenvalue weighted by Crippen LogP contribution is -2.43. The second-order valence-corrected chi connectivity index (χ2v) is 19.2. The van der Waals surface area contributed by atoms with Crippen molar-refractivity contribution >= 4 is 25.7 Å². The van der Waals surface area contributed by atoms with Crippen molar-refractivity contribution in [2.24, 2.45) is 0 Å². The van der Waals surface area contributed by atoms with E-state index in [-0.39, 0.29) is 12.8 Å². The minimum atomic E-state index is -4.77. The molecule has 11 nitrogen and oxygen atoms in total. The number of rotatable bonds is 49. The quantitative estimate of drug-likeness (QED) is 0.0199. The SMILES string of the molecule is CCCCC/C=C\C/C=C\C/C=C\CCCCCCCCCCC(=O)OCC(O)COP(=O)(O)OCC(NC(=O)CCCCCCCCCCCCC/C=C\C/C=C\CCCCC)C(=O)O. The van der Waals surface area contributed by atoms with Crippen molar-refractivity contribution in [1.29, 1.82) is 0 Å². The summed E-state index contributed by atoms with van der Waals surface area (Å²) in [4.78, 5) is 46.2. The Morgan fingerprint density at radius 3 is 1.24 bits per heavy atom. The highest BCUT2D eigenvalue weighted by atomic mass is 31.2. The molecule has 1 amide bonds. The van der Waals surface area contributed by atoms with E-state index >= 15 is 0 Å². The first-order chi connectivity index (χ1) is 32.1. The van der Waals surface area contributed by atoms with E-state index < -0.39 is 57.6 Å². The predicted octanol–water partition coefficient (Wildman–Crippen LogP) is 14.7. The maximum Gasteiger partial charge on any atom is 0.472 e. The van der Waals surface area contributed by atoms with Crippen LogP contribution in [0.4, 0.5) is 0 Å². The monoisotopic (exact) mass is 950 g/mol. The van der Waals surface area contributed by atoms with Gasteiger partial charge in [0.25, 0.3) is 0 Å². The van der Waals surface area contributed by atoms with Crippen molar-refractivity contribution in [1.82, 2.24) is 5.32 Å². The molecule has 0 rings (SSSR count). The van der Waals surface area contributed by atoms with Crippen LogP contribution in [0.15, 0.2) is 60.8 Å². The van der Waals surface area contributed by atoms with E-state index in [1.165, 1.54) is 122 Å². The molecule has 0 heterocycles. The molecular formula is C54H96NO10P. The number of carboxylic acids is 1. The number of esters is 1. The van der Waals surface area contributed by atoms with E-state index in [2.05, 4.69) is 79.9 Å². The van der Waals surface area contributed by atoms with Gasteiger partial charge in [0.1, 0.15) is 12.7 Å². The van der Waals surface area contributed by atoms with Gasteiger partial charge in [-0.2, -0.15) is 0 Å². The average Bonchev–Trinajstić information content (AvgIpc) is 3.29. The molecule has 66 heavy (non-hydrogen) atoms. The lowest BCUT2D eigenvalue weighted by Gasteiger charge is -2.18. The largest absolute Gasteiger partial charge is 0.480 e. The average molecular weight is 950 g/mol. The van der Waals surface area contributed by atoms with Crippen LogP contribution in [0, 0.1) is 0 Å². The Morgan fingerprint density at radius 1 is 0.485 bits per heavy atom. The minimum absolute atomic E-state index is 0.141. The maximum absolute atomic E-state index is 12.4. The minimum Gasteiger partial charge on any atom is -0.480 e. The van der Waals surface area contributed by atoms with Gasteiger partial charge in [0.2, 0.25) is 5.91 Å². The zero-order valence-electron chi connectivity index (χ0n) is 41.7. The number of carboxylic acid groups (broad SMARTS) is 1. The van der Waals surface area contributed by atoms with Gasteiger partial charge in [-0.1, -0.05) is 197 Å². The zero-order valence-corrected chi connectivity index (χ0v) is 42.6. The number of ether oxygens (including phenoxy) is 1. The topological polar surface area (TPSA) is 169 Å². The molecule has 0 saturated carbocycles. The fourth-order valence-electron chi connectivity index (χ4n) is 7.18. The first kappa shape index (κ1) is 63.2. The second-order valence-electron chi connectivity index (χ2n) is 17.7. The molecule has 0 aromatic carbocycles. The summed E-state index contributed by atoms with van der Waals surface area (Å²) in [5, 5.41) is 21.9. The fourth-order valence-corrected chi connectivity index (χ4v) is 7.95. The molecule has 0 radical (unpaired) electrons. The van der Waals surface area contributed by atoms with Crippen LogP contribution in [0.5, 0.6) is 0 Å². The summed E-state index contributed by atoms with van der Waals surface area (Å²) in [5.41, 5.74) is 0. The van der Waals surface area contributed by atoms with E-state index in [0.717, 1.165) is 70.6 Å². The third kappa shape index (κ3) is 47.7. The summed E-state index contributed by atoms with van der Waals surface area (Å²) in [5.74, 6) is -2.38. The smallest absolute Gasteiger partial charge is 0.472 e. The van der Waals surface area contributed by atoms with Crippen molar-refractivity contribution in [3.8, 4) is 0 Å². The Morgan fingerprint density at radius 2 is 0.833 bits per heavy atom. The van der Waals surface area contributed by atoms with E-state index in [4.69, 9.17) is 13.8 Å². The highest BCUT2D eigenvalue weighted by Crippen LogP contribution is 2.43. The van der Waals surface area contributed by atoms with Gasteiger partial charge in [-0.05, 0) is 83.5 Å². The van der Waals surface area contributed by atoms with E-state index in [0.29, 0.717) is 12.8 Å². The van der Waals surface area contributed by atoms with Gasteiger partial charge in [-0.3, -0.25) is 18.6 Å². The number of aliphatic carboxylic acids is 1. The molecule has 0 aromatic rings. The molecule has 0 aromatic heterocycles. The molecule has 0 aliphatic rings. The number of allylic oxidation sites excluding steroid dienone is 10. The number of nitrogens with one attached hydrogen (secondary N) is 1. The van der Waals surface area contributed by atoms with E-state index in [1.807, 2.05) is 0 Å². The number of carbonyl (C=O) groups is 3. The number of aliphatic hydroxyl groups is 1. The third-order valence-electron chi connectivity index (χ3n) is 11.3. The highest BCUT2D eigenvalue weighted by Gasteiger charge is 2.28. The van der Waals surface area contributed by atoms with Gasteiger partial charge in [0.15, 0.2) is 6.04 Å².